The Morgan fingerprint density at radius 1 is 1.06 bits per heavy atom. The van der Waals surface area contributed by atoms with Crippen molar-refractivity contribution in [3.63, 3.8) is 0 Å². The summed E-state index contributed by atoms with van der Waals surface area (Å²) in [7, 11) is 1.87. The number of rotatable bonds is 3. The number of anilines is 2. The quantitative estimate of drug-likeness (QED) is 0.776. The zero-order valence-electron chi connectivity index (χ0n) is 19.4. The maximum absolute atomic E-state index is 12.9. The molecule has 5 rings (SSSR count). The Morgan fingerprint density at radius 3 is 2.52 bits per heavy atom. The van der Waals surface area contributed by atoms with E-state index in [-0.39, 0.29) is 23.6 Å². The predicted molar refractivity (Wildman–Crippen MR) is 128 cm³/mol. The van der Waals surface area contributed by atoms with E-state index < -0.39 is 0 Å². The highest BCUT2D eigenvalue weighted by molar-refractivity contribution is 5.89. The second-order valence-electron chi connectivity index (χ2n) is 9.42. The van der Waals surface area contributed by atoms with E-state index in [0.717, 1.165) is 43.7 Å². The van der Waals surface area contributed by atoms with Gasteiger partial charge in [-0.2, -0.15) is 0 Å². The highest BCUT2D eigenvalue weighted by Crippen LogP contribution is 2.44. The standard InChI is InChI=1S/C26H32N4O3/c1-19(31)28(2)23-11-14-30(17-23)22-9-7-21(8-10-22)27-25(32)29-15-12-26(13-16-29)24-6-4-3-5-20(24)18-33-26/h3-10,23H,11-18H2,1-2H3,(H,27,32). The highest BCUT2D eigenvalue weighted by atomic mass is 16.5. The van der Waals surface area contributed by atoms with E-state index >= 15 is 0 Å². The van der Waals surface area contributed by atoms with E-state index in [1.807, 2.05) is 41.1 Å². The molecule has 0 aliphatic carbocycles. The number of hydrogen-bond donors (Lipinski definition) is 1. The predicted octanol–water partition coefficient (Wildman–Crippen LogP) is 3.80. The largest absolute Gasteiger partial charge is 0.369 e. The van der Waals surface area contributed by atoms with Gasteiger partial charge in [-0.1, -0.05) is 24.3 Å². The molecule has 0 bridgehead atoms. The first-order valence-corrected chi connectivity index (χ1v) is 11.8. The second-order valence-corrected chi connectivity index (χ2v) is 9.42. The van der Waals surface area contributed by atoms with Crippen molar-refractivity contribution in [1.82, 2.24) is 9.80 Å². The third-order valence-corrected chi connectivity index (χ3v) is 7.56. The van der Waals surface area contributed by atoms with Crippen molar-refractivity contribution in [3.8, 4) is 0 Å². The number of ether oxygens (including phenoxy) is 1. The van der Waals surface area contributed by atoms with Crippen LogP contribution in [0, 0.1) is 0 Å². The summed E-state index contributed by atoms with van der Waals surface area (Å²) in [4.78, 5) is 30.5. The van der Waals surface area contributed by atoms with Gasteiger partial charge in [-0.15, -0.1) is 0 Å². The summed E-state index contributed by atoms with van der Waals surface area (Å²) in [6.07, 6.45) is 2.61. The number of likely N-dealkylation sites (tertiary alicyclic amines) is 1. The molecule has 1 N–H and O–H groups in total. The van der Waals surface area contributed by atoms with Crippen LogP contribution in [0.15, 0.2) is 48.5 Å². The van der Waals surface area contributed by atoms with Crippen molar-refractivity contribution in [1.29, 1.82) is 0 Å². The molecule has 33 heavy (non-hydrogen) atoms. The molecule has 2 fully saturated rings. The normalized spacial score (nSPS) is 21.2. The van der Waals surface area contributed by atoms with Crippen LogP contribution in [0.4, 0.5) is 16.2 Å². The number of carbonyl (C=O) groups excluding carboxylic acids is 2. The minimum atomic E-state index is -0.237. The molecule has 174 valence electrons. The van der Waals surface area contributed by atoms with Crippen LogP contribution in [-0.2, 0) is 21.7 Å². The molecule has 1 unspecified atom stereocenters. The summed E-state index contributed by atoms with van der Waals surface area (Å²) in [5.74, 6) is 0.104. The second kappa shape index (κ2) is 8.71. The summed E-state index contributed by atoms with van der Waals surface area (Å²) >= 11 is 0. The molecule has 7 heteroatoms. The van der Waals surface area contributed by atoms with E-state index in [0.29, 0.717) is 19.7 Å². The summed E-state index contributed by atoms with van der Waals surface area (Å²) in [5, 5.41) is 3.04. The molecule has 0 aromatic heterocycles. The van der Waals surface area contributed by atoms with Gasteiger partial charge in [-0.05, 0) is 54.7 Å². The molecule has 3 aliphatic heterocycles. The third-order valence-electron chi connectivity index (χ3n) is 7.56. The Bertz CT molecular complexity index is 1030. The molecule has 0 saturated carbocycles. The average molecular weight is 449 g/mol. The fourth-order valence-corrected chi connectivity index (χ4v) is 5.38. The number of urea groups is 1. The minimum absolute atomic E-state index is 0.0619. The molecule has 2 aromatic carbocycles. The fourth-order valence-electron chi connectivity index (χ4n) is 5.38. The number of likely N-dealkylation sites (N-methyl/N-ethyl adjacent to an activating group) is 1. The lowest BCUT2D eigenvalue weighted by atomic mass is 9.84. The van der Waals surface area contributed by atoms with E-state index in [1.165, 1.54) is 11.1 Å². The minimum Gasteiger partial charge on any atom is -0.369 e. The average Bonchev–Trinajstić information content (AvgIpc) is 3.46. The molecule has 0 radical (unpaired) electrons. The van der Waals surface area contributed by atoms with Crippen LogP contribution in [-0.4, -0.2) is 61.0 Å². The lowest BCUT2D eigenvalue weighted by molar-refractivity contribution is -0.129. The Hall–Kier alpha value is -3.06. The van der Waals surface area contributed by atoms with Gasteiger partial charge in [0.2, 0.25) is 5.91 Å². The Labute approximate surface area is 195 Å². The molecule has 3 heterocycles. The molecular weight excluding hydrogens is 416 g/mol. The summed E-state index contributed by atoms with van der Waals surface area (Å²) in [5.41, 5.74) is 4.23. The number of benzene rings is 2. The number of hydrogen-bond acceptors (Lipinski definition) is 4. The maximum Gasteiger partial charge on any atom is 0.321 e. The molecule has 2 saturated heterocycles. The van der Waals surface area contributed by atoms with Crippen LogP contribution in [0.5, 0.6) is 0 Å². The monoisotopic (exact) mass is 448 g/mol. The Balaban J connectivity index is 1.15. The van der Waals surface area contributed by atoms with Crippen LogP contribution < -0.4 is 10.2 Å². The SMILES string of the molecule is CC(=O)N(C)C1CCN(c2ccc(NC(=O)N3CCC4(CC3)OCc3ccccc34)cc2)C1. The van der Waals surface area contributed by atoms with Gasteiger partial charge in [0.05, 0.1) is 18.2 Å². The van der Waals surface area contributed by atoms with E-state index in [9.17, 15) is 9.59 Å². The summed E-state index contributed by atoms with van der Waals surface area (Å²) in [6, 6.07) is 16.6. The van der Waals surface area contributed by atoms with E-state index in [1.54, 1.807) is 6.92 Å². The molecule has 1 spiro atoms. The van der Waals surface area contributed by atoms with Gasteiger partial charge in [0, 0.05) is 51.5 Å². The molecule has 3 aliphatic rings. The molecule has 1 atom stereocenters. The lowest BCUT2D eigenvalue weighted by Crippen LogP contribution is -2.46. The zero-order valence-corrected chi connectivity index (χ0v) is 19.4. The first-order chi connectivity index (χ1) is 15.9. The molecule has 7 nitrogen and oxygen atoms in total. The Morgan fingerprint density at radius 2 is 1.79 bits per heavy atom. The van der Waals surface area contributed by atoms with Crippen LogP contribution in [0.3, 0.4) is 0 Å². The number of amides is 3. The van der Waals surface area contributed by atoms with Gasteiger partial charge >= 0.3 is 6.03 Å². The van der Waals surface area contributed by atoms with Crippen LogP contribution in [0.25, 0.3) is 0 Å². The number of fused-ring (bicyclic) bond motifs is 2. The number of nitrogens with one attached hydrogen (secondary N) is 1. The molecular formula is C26H32N4O3. The number of carbonyl (C=O) groups is 2. The van der Waals surface area contributed by atoms with E-state index in [4.69, 9.17) is 4.74 Å². The Kier molecular flexibility index (Phi) is 5.74. The zero-order chi connectivity index (χ0) is 23.0. The van der Waals surface area contributed by atoms with Crippen molar-refractivity contribution in [2.75, 3.05) is 43.4 Å². The van der Waals surface area contributed by atoms with Crippen molar-refractivity contribution in [2.24, 2.45) is 0 Å². The van der Waals surface area contributed by atoms with Gasteiger partial charge < -0.3 is 24.8 Å². The fraction of sp³-hybridized carbons (Fsp3) is 0.462. The topological polar surface area (TPSA) is 65.1 Å². The first-order valence-electron chi connectivity index (χ1n) is 11.8. The van der Waals surface area contributed by atoms with Gasteiger partial charge in [0.1, 0.15) is 0 Å². The number of nitrogens with zero attached hydrogens (tertiary/aromatic N) is 3. The van der Waals surface area contributed by atoms with Crippen molar-refractivity contribution in [2.45, 2.75) is 44.4 Å². The van der Waals surface area contributed by atoms with Gasteiger partial charge in [-0.25, -0.2) is 4.79 Å². The van der Waals surface area contributed by atoms with Crippen LogP contribution >= 0.6 is 0 Å². The lowest BCUT2D eigenvalue weighted by Gasteiger charge is -2.39. The van der Waals surface area contributed by atoms with Gasteiger partial charge in [0.25, 0.3) is 0 Å². The highest BCUT2D eigenvalue weighted by Gasteiger charge is 2.43. The summed E-state index contributed by atoms with van der Waals surface area (Å²) in [6.45, 7) is 5.39. The van der Waals surface area contributed by atoms with E-state index in [2.05, 4.69) is 34.5 Å². The van der Waals surface area contributed by atoms with Gasteiger partial charge in [0.15, 0.2) is 0 Å². The summed E-state index contributed by atoms with van der Waals surface area (Å²) < 4.78 is 6.21. The smallest absolute Gasteiger partial charge is 0.321 e. The van der Waals surface area contributed by atoms with Crippen molar-refractivity contribution in [3.05, 3.63) is 59.7 Å². The molecule has 3 amide bonds. The first kappa shape index (κ1) is 21.8. The van der Waals surface area contributed by atoms with Crippen molar-refractivity contribution >= 4 is 23.3 Å². The van der Waals surface area contributed by atoms with Crippen LogP contribution in [0.1, 0.15) is 37.3 Å². The van der Waals surface area contributed by atoms with Gasteiger partial charge in [-0.3, -0.25) is 4.79 Å². The molecule has 2 aromatic rings. The number of piperidine rings is 1. The van der Waals surface area contributed by atoms with Crippen molar-refractivity contribution < 1.29 is 14.3 Å². The maximum atomic E-state index is 12.9. The van der Waals surface area contributed by atoms with Crippen LogP contribution in [0.2, 0.25) is 0 Å². The third kappa shape index (κ3) is 4.17.